The molecule has 0 bridgehead atoms. The van der Waals surface area contributed by atoms with E-state index < -0.39 is 0 Å². The van der Waals surface area contributed by atoms with Crippen LogP contribution in [0.1, 0.15) is 28.7 Å². The number of nitrogens with zero attached hydrogens (tertiary/aromatic N) is 2. The summed E-state index contributed by atoms with van der Waals surface area (Å²) in [6.45, 7) is 2.82. The number of imidazole rings is 1. The number of carbonyl (C=O) groups is 1. The van der Waals surface area contributed by atoms with E-state index in [1.54, 1.807) is 0 Å². The van der Waals surface area contributed by atoms with Crippen LogP contribution in [-0.2, 0) is 6.42 Å². The van der Waals surface area contributed by atoms with Gasteiger partial charge in [0.1, 0.15) is 5.82 Å². The molecule has 1 aromatic heterocycles. The largest absolute Gasteiger partial charge is 0.348 e. The number of likely N-dealkylation sites (N-methyl/N-ethyl adjacent to an activating group) is 1. The number of hydrogen-bond donors (Lipinski definition) is 2. The number of para-hydroxylation sites is 2. The highest BCUT2D eigenvalue weighted by atomic mass is 16.1. The highest BCUT2D eigenvalue weighted by molar-refractivity contribution is 5.94. The molecule has 0 saturated heterocycles. The van der Waals surface area contributed by atoms with Gasteiger partial charge in [-0.15, -0.1) is 0 Å². The summed E-state index contributed by atoms with van der Waals surface area (Å²) in [6.07, 6.45) is 0.716. The quantitative estimate of drug-likeness (QED) is 0.728. The number of benzene rings is 2. The molecule has 0 aliphatic rings. The second-order valence-corrected chi connectivity index (χ2v) is 6.71. The predicted molar refractivity (Wildman–Crippen MR) is 101 cm³/mol. The molecular weight excluding hydrogens is 312 g/mol. The van der Waals surface area contributed by atoms with Gasteiger partial charge >= 0.3 is 0 Å². The van der Waals surface area contributed by atoms with Crippen LogP contribution in [0.2, 0.25) is 0 Å². The first-order chi connectivity index (χ1) is 12.0. The van der Waals surface area contributed by atoms with Gasteiger partial charge in [-0.3, -0.25) is 4.79 Å². The minimum Gasteiger partial charge on any atom is -0.348 e. The Morgan fingerprint density at radius 2 is 1.88 bits per heavy atom. The molecule has 3 aromatic rings. The monoisotopic (exact) mass is 336 g/mol. The zero-order valence-corrected chi connectivity index (χ0v) is 14.9. The third-order valence-corrected chi connectivity index (χ3v) is 4.04. The molecular formula is C20H24N4O. The Labute approximate surface area is 148 Å². The molecule has 1 atom stereocenters. The van der Waals surface area contributed by atoms with Crippen LogP contribution in [0, 0.1) is 0 Å². The zero-order chi connectivity index (χ0) is 17.8. The summed E-state index contributed by atoms with van der Waals surface area (Å²) in [4.78, 5) is 22.3. The molecule has 2 aromatic carbocycles. The van der Waals surface area contributed by atoms with Crippen molar-refractivity contribution in [2.45, 2.75) is 19.4 Å². The van der Waals surface area contributed by atoms with Crippen molar-refractivity contribution in [1.82, 2.24) is 20.2 Å². The van der Waals surface area contributed by atoms with Gasteiger partial charge in [-0.1, -0.05) is 24.3 Å². The molecule has 3 rings (SSSR count). The van der Waals surface area contributed by atoms with Gasteiger partial charge in [-0.25, -0.2) is 4.98 Å². The predicted octanol–water partition coefficient (Wildman–Crippen LogP) is 2.83. The first-order valence-corrected chi connectivity index (χ1v) is 8.49. The van der Waals surface area contributed by atoms with Crippen LogP contribution >= 0.6 is 0 Å². The minimum atomic E-state index is -0.0374. The van der Waals surface area contributed by atoms with Gasteiger partial charge < -0.3 is 15.2 Å². The molecule has 1 heterocycles. The molecule has 5 heteroatoms. The fourth-order valence-electron chi connectivity index (χ4n) is 2.96. The number of aromatic amines is 1. The second kappa shape index (κ2) is 7.49. The number of hydrogen-bond acceptors (Lipinski definition) is 3. The molecule has 0 fully saturated rings. The number of rotatable bonds is 6. The summed E-state index contributed by atoms with van der Waals surface area (Å²) in [5.41, 5.74) is 3.82. The van der Waals surface area contributed by atoms with Gasteiger partial charge in [0, 0.05) is 24.6 Å². The molecule has 130 valence electrons. The van der Waals surface area contributed by atoms with Crippen LogP contribution < -0.4 is 5.32 Å². The van der Waals surface area contributed by atoms with Crippen molar-refractivity contribution in [3.8, 4) is 0 Å². The number of carbonyl (C=O) groups excluding carboxylic acids is 1. The van der Waals surface area contributed by atoms with Gasteiger partial charge in [0.05, 0.1) is 11.0 Å². The van der Waals surface area contributed by atoms with Crippen molar-refractivity contribution in [2.24, 2.45) is 0 Å². The summed E-state index contributed by atoms with van der Waals surface area (Å²) in [7, 11) is 3.99. The molecule has 1 amide bonds. The smallest absolute Gasteiger partial charge is 0.251 e. The molecule has 0 spiro atoms. The average Bonchev–Trinajstić information content (AvgIpc) is 2.96. The van der Waals surface area contributed by atoms with Crippen molar-refractivity contribution < 1.29 is 4.79 Å². The minimum absolute atomic E-state index is 0.0374. The number of fused-ring (bicyclic) bond motifs is 1. The first kappa shape index (κ1) is 17.2. The highest BCUT2D eigenvalue weighted by Gasteiger charge is 2.11. The van der Waals surface area contributed by atoms with Crippen LogP contribution in [0.4, 0.5) is 0 Å². The van der Waals surface area contributed by atoms with E-state index in [1.807, 2.05) is 69.6 Å². The number of amides is 1. The van der Waals surface area contributed by atoms with Gasteiger partial charge in [-0.05, 0) is 50.8 Å². The third-order valence-electron chi connectivity index (χ3n) is 4.04. The van der Waals surface area contributed by atoms with E-state index in [0.717, 1.165) is 29.0 Å². The van der Waals surface area contributed by atoms with E-state index in [0.29, 0.717) is 12.0 Å². The Balaban J connectivity index is 1.64. The second-order valence-electron chi connectivity index (χ2n) is 6.71. The molecule has 0 aliphatic heterocycles. The van der Waals surface area contributed by atoms with Crippen molar-refractivity contribution in [3.05, 3.63) is 65.5 Å². The van der Waals surface area contributed by atoms with E-state index in [2.05, 4.69) is 20.2 Å². The summed E-state index contributed by atoms with van der Waals surface area (Å²) < 4.78 is 0. The molecule has 5 nitrogen and oxygen atoms in total. The molecule has 0 saturated carbocycles. The standard InChI is InChI=1S/C20H24N4O/c1-14(13-24(2)3)21-20(25)16-10-8-15(9-11-16)12-19-22-17-6-4-5-7-18(17)23-19/h4-11,14H,12-13H2,1-3H3,(H,21,25)(H,22,23). The van der Waals surface area contributed by atoms with E-state index in [4.69, 9.17) is 0 Å². The Kier molecular flexibility index (Phi) is 5.14. The molecule has 2 N–H and O–H groups in total. The lowest BCUT2D eigenvalue weighted by Crippen LogP contribution is -2.39. The molecule has 0 radical (unpaired) electrons. The third kappa shape index (κ3) is 4.45. The zero-order valence-electron chi connectivity index (χ0n) is 14.9. The van der Waals surface area contributed by atoms with Crippen LogP contribution in [0.15, 0.2) is 48.5 Å². The van der Waals surface area contributed by atoms with Crippen molar-refractivity contribution >= 4 is 16.9 Å². The van der Waals surface area contributed by atoms with E-state index in [1.165, 1.54) is 0 Å². The molecule has 0 aliphatic carbocycles. The lowest BCUT2D eigenvalue weighted by Gasteiger charge is -2.18. The maximum absolute atomic E-state index is 12.3. The maximum Gasteiger partial charge on any atom is 0.251 e. The normalized spacial score (nSPS) is 12.5. The van der Waals surface area contributed by atoms with Crippen molar-refractivity contribution in [3.63, 3.8) is 0 Å². The number of aromatic nitrogens is 2. The van der Waals surface area contributed by atoms with Crippen LogP contribution in [-0.4, -0.2) is 47.5 Å². The van der Waals surface area contributed by atoms with Crippen LogP contribution in [0.5, 0.6) is 0 Å². The fourth-order valence-corrected chi connectivity index (χ4v) is 2.96. The SMILES string of the molecule is CC(CN(C)C)NC(=O)c1ccc(Cc2nc3ccccc3[nH]2)cc1. The summed E-state index contributed by atoms with van der Waals surface area (Å²) in [6, 6.07) is 15.8. The van der Waals surface area contributed by atoms with Crippen LogP contribution in [0.3, 0.4) is 0 Å². The summed E-state index contributed by atoms with van der Waals surface area (Å²) >= 11 is 0. The topological polar surface area (TPSA) is 61.0 Å². The Hall–Kier alpha value is -2.66. The summed E-state index contributed by atoms with van der Waals surface area (Å²) in [5.74, 6) is 0.891. The Bertz CT molecular complexity index is 819. The first-order valence-electron chi connectivity index (χ1n) is 8.49. The van der Waals surface area contributed by atoms with E-state index in [9.17, 15) is 4.79 Å². The van der Waals surface area contributed by atoms with Gasteiger partial charge in [0.25, 0.3) is 5.91 Å². The highest BCUT2D eigenvalue weighted by Crippen LogP contribution is 2.14. The molecule has 25 heavy (non-hydrogen) atoms. The van der Waals surface area contributed by atoms with E-state index in [-0.39, 0.29) is 11.9 Å². The van der Waals surface area contributed by atoms with Crippen LogP contribution in [0.25, 0.3) is 11.0 Å². The average molecular weight is 336 g/mol. The number of H-pyrrole nitrogens is 1. The van der Waals surface area contributed by atoms with Gasteiger partial charge in [0.15, 0.2) is 0 Å². The lowest BCUT2D eigenvalue weighted by atomic mass is 10.1. The lowest BCUT2D eigenvalue weighted by molar-refractivity contribution is 0.0934. The van der Waals surface area contributed by atoms with E-state index >= 15 is 0 Å². The maximum atomic E-state index is 12.3. The Morgan fingerprint density at radius 3 is 2.56 bits per heavy atom. The van der Waals surface area contributed by atoms with Gasteiger partial charge in [-0.2, -0.15) is 0 Å². The fraction of sp³-hybridized carbons (Fsp3) is 0.300. The summed E-state index contributed by atoms with van der Waals surface area (Å²) in [5, 5.41) is 3.02. The van der Waals surface area contributed by atoms with Crippen molar-refractivity contribution in [2.75, 3.05) is 20.6 Å². The Morgan fingerprint density at radius 1 is 1.16 bits per heavy atom. The van der Waals surface area contributed by atoms with Gasteiger partial charge in [0.2, 0.25) is 0 Å². The molecule has 1 unspecified atom stereocenters. The van der Waals surface area contributed by atoms with Crippen molar-refractivity contribution in [1.29, 1.82) is 0 Å². The number of nitrogens with one attached hydrogen (secondary N) is 2.